The first-order valence-electron chi connectivity index (χ1n) is 8.74. The maximum absolute atomic E-state index is 12.4. The zero-order valence-corrected chi connectivity index (χ0v) is 15.0. The number of ketones is 4. The van der Waals surface area contributed by atoms with E-state index >= 15 is 0 Å². The molecule has 0 bridgehead atoms. The quantitative estimate of drug-likeness (QED) is 0.442. The van der Waals surface area contributed by atoms with Crippen LogP contribution < -0.4 is 0 Å². The largest absolute Gasteiger partial charge is 0.294 e. The van der Waals surface area contributed by atoms with Gasteiger partial charge in [0.25, 0.3) is 0 Å². The molecule has 0 aliphatic heterocycles. The van der Waals surface area contributed by atoms with Gasteiger partial charge >= 0.3 is 0 Å². The van der Waals surface area contributed by atoms with Crippen molar-refractivity contribution in [2.24, 2.45) is 0 Å². The Kier molecular flexibility index (Phi) is 5.97. The van der Waals surface area contributed by atoms with E-state index in [1.165, 1.54) is 18.2 Å². The van der Waals surface area contributed by atoms with Crippen LogP contribution in [0.2, 0.25) is 0 Å². The minimum Gasteiger partial charge on any atom is -0.294 e. The number of carbonyl (C=O) groups excluding carboxylic acids is 4. The molecule has 2 aromatic carbocycles. The van der Waals surface area contributed by atoms with Gasteiger partial charge in [0.1, 0.15) is 11.4 Å². The van der Waals surface area contributed by atoms with Crippen LogP contribution in [0.25, 0.3) is 0 Å². The first-order valence-corrected chi connectivity index (χ1v) is 8.74. The number of benzene rings is 2. The van der Waals surface area contributed by atoms with Gasteiger partial charge in [-0.3, -0.25) is 19.2 Å². The summed E-state index contributed by atoms with van der Waals surface area (Å²) in [5.74, 6) is -1.58. The van der Waals surface area contributed by atoms with Crippen LogP contribution in [0.5, 0.6) is 0 Å². The second-order valence-electron chi connectivity index (χ2n) is 6.19. The number of hydrogen-bond acceptors (Lipinski definition) is 5. The lowest BCUT2D eigenvalue weighted by Gasteiger charge is -2.04. The molecule has 0 spiro atoms. The molecule has 1 heterocycles. The zero-order chi connectivity index (χ0) is 19.9. The average Bonchev–Trinajstić information content (AvgIpc) is 2.75. The monoisotopic (exact) mass is 371 g/mol. The number of carbonyl (C=O) groups is 4. The Labute approximate surface area is 162 Å². The van der Waals surface area contributed by atoms with Crippen molar-refractivity contribution in [1.29, 1.82) is 0 Å². The fraction of sp³-hybridized carbons (Fsp3) is 0.0870. The molecule has 0 aliphatic rings. The molecule has 28 heavy (non-hydrogen) atoms. The fourth-order valence-electron chi connectivity index (χ4n) is 2.67. The highest BCUT2D eigenvalue weighted by Crippen LogP contribution is 2.11. The van der Waals surface area contributed by atoms with Crippen LogP contribution in [0.1, 0.15) is 54.5 Å². The van der Waals surface area contributed by atoms with Crippen LogP contribution >= 0.6 is 0 Å². The Bertz CT molecular complexity index is 946. The fourth-order valence-corrected chi connectivity index (χ4v) is 2.67. The summed E-state index contributed by atoms with van der Waals surface area (Å²) in [5, 5.41) is 0. The summed E-state index contributed by atoms with van der Waals surface area (Å²) < 4.78 is 0. The number of hydrogen-bond donors (Lipinski definition) is 0. The molecule has 5 nitrogen and oxygen atoms in total. The molecule has 0 radical (unpaired) electrons. The molecule has 138 valence electrons. The maximum Gasteiger partial charge on any atom is 0.188 e. The molecule has 0 N–H and O–H groups in total. The van der Waals surface area contributed by atoms with Crippen molar-refractivity contribution in [2.75, 3.05) is 0 Å². The molecule has 3 aromatic rings. The third-order valence-corrected chi connectivity index (χ3v) is 4.15. The van der Waals surface area contributed by atoms with E-state index in [0.29, 0.717) is 11.1 Å². The third-order valence-electron chi connectivity index (χ3n) is 4.15. The van der Waals surface area contributed by atoms with E-state index in [4.69, 9.17) is 0 Å². The lowest BCUT2D eigenvalue weighted by atomic mass is 10.0. The molecule has 0 unspecified atom stereocenters. The second-order valence-corrected chi connectivity index (χ2v) is 6.19. The molecule has 0 saturated heterocycles. The number of nitrogens with zero attached hydrogens (tertiary/aromatic N) is 1. The van der Waals surface area contributed by atoms with E-state index in [1.54, 1.807) is 60.7 Å². The summed E-state index contributed by atoms with van der Waals surface area (Å²) in [5.41, 5.74) is 0.942. The maximum atomic E-state index is 12.4. The van der Waals surface area contributed by atoms with Crippen LogP contribution in [-0.4, -0.2) is 28.1 Å². The van der Waals surface area contributed by atoms with Crippen LogP contribution in [-0.2, 0) is 0 Å². The highest BCUT2D eigenvalue weighted by Gasteiger charge is 2.18. The van der Waals surface area contributed by atoms with Gasteiger partial charge in [0, 0.05) is 11.1 Å². The first-order chi connectivity index (χ1) is 13.5. The van der Waals surface area contributed by atoms with Gasteiger partial charge in [0.05, 0.1) is 12.8 Å². The van der Waals surface area contributed by atoms with Gasteiger partial charge in [0.2, 0.25) is 0 Å². The van der Waals surface area contributed by atoms with Crippen molar-refractivity contribution in [3.05, 3.63) is 101 Å². The Hall–Kier alpha value is -3.73. The second kappa shape index (κ2) is 8.77. The minimum absolute atomic E-state index is 0.0299. The van der Waals surface area contributed by atoms with Crippen LogP contribution in [0.15, 0.2) is 78.9 Å². The van der Waals surface area contributed by atoms with Crippen molar-refractivity contribution in [3.63, 3.8) is 0 Å². The highest BCUT2D eigenvalue weighted by atomic mass is 16.2. The topological polar surface area (TPSA) is 81.2 Å². The Morgan fingerprint density at radius 3 is 1.29 bits per heavy atom. The van der Waals surface area contributed by atoms with Crippen molar-refractivity contribution >= 4 is 23.1 Å². The molecule has 5 heteroatoms. The summed E-state index contributed by atoms with van der Waals surface area (Å²) in [6.07, 6.45) is -0.671. The Morgan fingerprint density at radius 2 is 0.893 bits per heavy atom. The van der Waals surface area contributed by atoms with Crippen molar-refractivity contribution < 1.29 is 19.2 Å². The number of aromatic nitrogens is 1. The van der Waals surface area contributed by atoms with Gasteiger partial charge in [-0.2, -0.15) is 0 Å². The van der Waals surface area contributed by atoms with Crippen molar-refractivity contribution in [3.8, 4) is 0 Å². The van der Waals surface area contributed by atoms with Gasteiger partial charge in [-0.05, 0) is 12.1 Å². The van der Waals surface area contributed by atoms with E-state index in [1.807, 2.05) is 0 Å². The minimum atomic E-state index is -0.474. The molecular weight excluding hydrogens is 354 g/mol. The smallest absolute Gasteiger partial charge is 0.188 e. The molecule has 1 aromatic heterocycles. The summed E-state index contributed by atoms with van der Waals surface area (Å²) in [6.45, 7) is 0. The lowest BCUT2D eigenvalue weighted by Crippen LogP contribution is -2.14. The van der Waals surface area contributed by atoms with Crippen LogP contribution in [0, 0.1) is 0 Å². The van der Waals surface area contributed by atoms with Gasteiger partial charge in [-0.15, -0.1) is 0 Å². The standard InChI is InChI=1S/C23H17NO4/c25-20(16-8-3-1-4-9-16)14-22(27)18-12-7-13-19(24-18)23(28)15-21(26)17-10-5-2-6-11-17/h1-13H,14-15H2. The highest BCUT2D eigenvalue weighted by molar-refractivity contribution is 6.14. The molecule has 0 atom stereocenters. The first kappa shape index (κ1) is 19.0. The predicted octanol–water partition coefficient (Wildman–Crippen LogP) is 3.99. The van der Waals surface area contributed by atoms with Gasteiger partial charge in [-0.1, -0.05) is 66.7 Å². The average molecular weight is 371 g/mol. The van der Waals surface area contributed by atoms with Crippen LogP contribution in [0.3, 0.4) is 0 Å². The molecule has 0 amide bonds. The molecule has 0 saturated carbocycles. The van der Waals surface area contributed by atoms with Gasteiger partial charge < -0.3 is 0 Å². The number of Topliss-reactive ketones (excluding diaryl/α,β-unsaturated/α-hetero) is 4. The van der Waals surface area contributed by atoms with Gasteiger partial charge in [0.15, 0.2) is 23.1 Å². The lowest BCUT2D eigenvalue weighted by molar-refractivity contribution is 0.0882. The molecule has 0 fully saturated rings. The predicted molar refractivity (Wildman–Crippen MR) is 104 cm³/mol. The summed E-state index contributed by atoms with van der Waals surface area (Å²) in [6, 6.07) is 21.4. The number of rotatable bonds is 8. The van der Waals surface area contributed by atoms with Crippen molar-refractivity contribution in [1.82, 2.24) is 4.98 Å². The third kappa shape index (κ3) is 4.71. The molecular formula is C23H17NO4. The van der Waals surface area contributed by atoms with E-state index in [-0.39, 0.29) is 35.8 Å². The SMILES string of the molecule is O=C(CC(=O)c1cccc(C(=O)CC(=O)c2ccccc2)n1)c1ccccc1. The Morgan fingerprint density at radius 1 is 0.500 bits per heavy atom. The summed E-state index contributed by atoms with van der Waals surface area (Å²) >= 11 is 0. The summed E-state index contributed by atoms with van der Waals surface area (Å²) in [4.78, 5) is 53.2. The van der Waals surface area contributed by atoms with E-state index in [9.17, 15) is 19.2 Å². The van der Waals surface area contributed by atoms with E-state index in [2.05, 4.69) is 4.98 Å². The van der Waals surface area contributed by atoms with Crippen molar-refractivity contribution in [2.45, 2.75) is 12.8 Å². The number of pyridine rings is 1. The zero-order valence-electron chi connectivity index (χ0n) is 15.0. The van der Waals surface area contributed by atoms with E-state index in [0.717, 1.165) is 0 Å². The summed E-state index contributed by atoms with van der Waals surface area (Å²) in [7, 11) is 0. The van der Waals surface area contributed by atoms with E-state index < -0.39 is 11.6 Å². The van der Waals surface area contributed by atoms with Gasteiger partial charge in [-0.25, -0.2) is 4.98 Å². The molecule has 3 rings (SSSR count). The Balaban J connectivity index is 1.69. The molecule has 0 aliphatic carbocycles. The normalized spacial score (nSPS) is 10.3. The van der Waals surface area contributed by atoms with Crippen LogP contribution in [0.4, 0.5) is 0 Å².